The Balaban J connectivity index is 1.83. The molecule has 1 aliphatic heterocycles. The summed E-state index contributed by atoms with van der Waals surface area (Å²) in [7, 11) is 0. The fourth-order valence-electron chi connectivity index (χ4n) is 4.91. The van der Waals surface area contributed by atoms with Crippen LogP contribution >= 0.6 is 0 Å². The second-order valence-corrected chi connectivity index (χ2v) is 10.0. The zero-order valence-electron chi connectivity index (χ0n) is 23.0. The van der Waals surface area contributed by atoms with Gasteiger partial charge in [0, 0.05) is 31.3 Å². The summed E-state index contributed by atoms with van der Waals surface area (Å²) < 4.78 is 4.46. The summed E-state index contributed by atoms with van der Waals surface area (Å²) >= 11 is 0. The number of unbranched alkanes of at least 4 members (excludes halogenated alkanes) is 4. The van der Waals surface area contributed by atoms with E-state index < -0.39 is 0 Å². The topological polar surface area (TPSA) is 149 Å². The van der Waals surface area contributed by atoms with Crippen LogP contribution < -0.4 is 37.3 Å². The Morgan fingerprint density at radius 1 is 0.757 bits per heavy atom. The molecule has 3 rings (SSSR count). The Kier molecular flexibility index (Phi) is 12.8. The minimum atomic E-state index is 0.754. The highest BCUT2D eigenvalue weighted by atomic mass is 15.3. The van der Waals surface area contributed by atoms with Crippen molar-refractivity contribution in [3.63, 3.8) is 0 Å². The van der Waals surface area contributed by atoms with Crippen LogP contribution in [0, 0.1) is 0 Å². The smallest absolute Gasteiger partial charge is 0.368 e. The first-order valence-corrected chi connectivity index (χ1v) is 14.4. The zero-order valence-corrected chi connectivity index (χ0v) is 23.0. The number of aromatic nitrogens is 2. The van der Waals surface area contributed by atoms with E-state index in [9.17, 15) is 0 Å². The van der Waals surface area contributed by atoms with E-state index in [1.165, 1.54) is 11.4 Å². The lowest BCUT2D eigenvalue weighted by atomic mass is 10.1. The van der Waals surface area contributed by atoms with Gasteiger partial charge in [-0.3, -0.25) is 0 Å². The van der Waals surface area contributed by atoms with Crippen molar-refractivity contribution in [2.24, 2.45) is 16.0 Å². The van der Waals surface area contributed by atoms with Crippen molar-refractivity contribution < 1.29 is 21.8 Å². The normalized spacial score (nSPS) is 13.6. The van der Waals surface area contributed by atoms with Crippen molar-refractivity contribution in [3.05, 3.63) is 30.6 Å². The van der Waals surface area contributed by atoms with Crippen LogP contribution in [-0.4, -0.2) is 56.9 Å². The molecule has 1 aromatic heterocycles. The Morgan fingerprint density at radius 2 is 1.41 bits per heavy atom. The molecule has 0 amide bonds. The predicted octanol–water partition coefficient (Wildman–Crippen LogP) is 0.623. The van der Waals surface area contributed by atoms with Crippen LogP contribution in [-0.2, 0) is 13.1 Å². The minimum Gasteiger partial charge on any atom is -0.368 e. The second-order valence-electron chi connectivity index (χ2n) is 10.0. The number of azo groups is 1. The van der Waals surface area contributed by atoms with Crippen molar-refractivity contribution in [1.82, 2.24) is 4.57 Å². The van der Waals surface area contributed by atoms with Crippen LogP contribution in [0.1, 0.15) is 51.4 Å². The molecular formula is C27H52N10+4. The van der Waals surface area contributed by atoms with Crippen molar-refractivity contribution in [2.75, 3.05) is 62.2 Å². The lowest BCUT2D eigenvalue weighted by Crippen LogP contribution is -2.50. The summed E-state index contributed by atoms with van der Waals surface area (Å²) in [5.74, 6) is 0.918. The van der Waals surface area contributed by atoms with Crippen molar-refractivity contribution in [3.8, 4) is 0 Å². The molecule has 37 heavy (non-hydrogen) atoms. The minimum absolute atomic E-state index is 0.754. The first-order chi connectivity index (χ1) is 18.2. The third kappa shape index (κ3) is 8.77. The summed E-state index contributed by atoms with van der Waals surface area (Å²) in [6, 6.07) is 6.57. The van der Waals surface area contributed by atoms with Crippen molar-refractivity contribution >= 4 is 23.0 Å². The number of quaternary nitrogens is 3. The molecule has 1 aromatic carbocycles. The number of benzene rings is 1. The fraction of sp³-hybridized carbons (Fsp3) is 0.667. The number of anilines is 2. The molecule has 11 N–H and O–H groups in total. The molecule has 0 saturated heterocycles. The maximum Gasteiger partial charge on any atom is 0.421 e. The SMILES string of the molecule is NCCCCN1CCN(CCCC[NH3+])c2cc(N=Nc3n(CCCC[NH3+])cc[n+]3CCCC[NH3+])ccc21. The van der Waals surface area contributed by atoms with E-state index in [0.717, 1.165) is 128 Å². The summed E-state index contributed by atoms with van der Waals surface area (Å²) in [5, 5.41) is 9.54. The van der Waals surface area contributed by atoms with Crippen molar-refractivity contribution in [1.29, 1.82) is 0 Å². The van der Waals surface area contributed by atoms with Gasteiger partial charge in [-0.2, -0.15) is 0 Å². The zero-order chi connectivity index (χ0) is 26.3. The second kappa shape index (κ2) is 16.3. The lowest BCUT2D eigenvalue weighted by Gasteiger charge is -2.39. The Bertz CT molecular complexity index is 914. The summed E-state index contributed by atoms with van der Waals surface area (Å²) in [4.78, 5) is 5.03. The van der Waals surface area contributed by atoms with E-state index in [4.69, 9.17) is 16.0 Å². The molecule has 0 unspecified atom stereocenters. The van der Waals surface area contributed by atoms with E-state index >= 15 is 0 Å². The molecule has 0 fully saturated rings. The summed E-state index contributed by atoms with van der Waals surface area (Å²) in [6.45, 7) is 9.74. The molecule has 10 heteroatoms. The molecule has 0 spiro atoms. The molecule has 0 radical (unpaired) electrons. The van der Waals surface area contributed by atoms with E-state index in [0.29, 0.717) is 0 Å². The van der Waals surface area contributed by atoms with Crippen LogP contribution in [0.4, 0.5) is 23.0 Å². The number of fused-ring (bicyclic) bond motifs is 1. The Morgan fingerprint density at radius 3 is 2.11 bits per heavy atom. The molecular weight excluding hydrogens is 464 g/mol. The fourth-order valence-corrected chi connectivity index (χ4v) is 4.91. The number of hydrogen-bond acceptors (Lipinski definition) is 5. The van der Waals surface area contributed by atoms with E-state index in [2.05, 4.69) is 66.7 Å². The third-order valence-corrected chi connectivity index (χ3v) is 7.08. The molecule has 2 aromatic rings. The first kappa shape index (κ1) is 29.0. The van der Waals surface area contributed by atoms with Crippen LogP contribution in [0.3, 0.4) is 0 Å². The lowest BCUT2D eigenvalue weighted by molar-refractivity contribution is -0.684. The highest BCUT2D eigenvalue weighted by Gasteiger charge is 2.23. The van der Waals surface area contributed by atoms with Crippen LogP contribution in [0.2, 0.25) is 0 Å². The van der Waals surface area contributed by atoms with Gasteiger partial charge in [0.1, 0.15) is 5.69 Å². The molecule has 10 nitrogen and oxygen atoms in total. The number of nitrogens with zero attached hydrogens (tertiary/aromatic N) is 6. The number of hydrogen-bond donors (Lipinski definition) is 4. The number of aryl methyl sites for hydroxylation is 2. The Labute approximate surface area is 222 Å². The van der Waals surface area contributed by atoms with Gasteiger partial charge in [0.05, 0.1) is 56.5 Å². The molecule has 0 saturated carbocycles. The molecule has 206 valence electrons. The van der Waals surface area contributed by atoms with Gasteiger partial charge in [-0.15, -0.1) is 0 Å². The standard InChI is InChI=1S/C27H49N10/c28-11-1-5-15-34-19-20-35(16-6-2-12-29)26-23-24(9-10-25(26)34)32-33-27-36(17-7-3-13-30)21-22-37(27)18-8-4-14-31/h9-10,21-23H,1-8,11-20,28-31H2/q+1/p+3. The van der Waals surface area contributed by atoms with Gasteiger partial charge >= 0.3 is 5.95 Å². The van der Waals surface area contributed by atoms with E-state index in [1.54, 1.807) is 0 Å². The molecule has 0 aliphatic carbocycles. The summed E-state index contributed by atoms with van der Waals surface area (Å²) in [6.07, 6.45) is 13.2. The average Bonchev–Trinajstić information content (AvgIpc) is 3.30. The predicted molar refractivity (Wildman–Crippen MR) is 149 cm³/mol. The van der Waals surface area contributed by atoms with Gasteiger partial charge in [-0.25, -0.2) is 9.13 Å². The number of rotatable bonds is 18. The first-order valence-electron chi connectivity index (χ1n) is 14.4. The van der Waals surface area contributed by atoms with Crippen LogP contribution in [0.15, 0.2) is 40.8 Å². The average molecular weight is 517 g/mol. The number of imidazole rings is 1. The molecule has 0 atom stereocenters. The monoisotopic (exact) mass is 516 g/mol. The van der Waals surface area contributed by atoms with Gasteiger partial charge < -0.3 is 32.7 Å². The van der Waals surface area contributed by atoms with Crippen LogP contribution in [0.25, 0.3) is 0 Å². The van der Waals surface area contributed by atoms with Crippen molar-refractivity contribution in [2.45, 2.75) is 64.5 Å². The van der Waals surface area contributed by atoms with Gasteiger partial charge in [-0.05, 0) is 76.1 Å². The highest BCUT2D eigenvalue weighted by Crippen LogP contribution is 2.37. The number of nitrogens with two attached hydrogens (primary N) is 1. The maximum atomic E-state index is 5.75. The molecule has 2 heterocycles. The van der Waals surface area contributed by atoms with Gasteiger partial charge in [0.2, 0.25) is 0 Å². The van der Waals surface area contributed by atoms with Gasteiger partial charge in [0.15, 0.2) is 0 Å². The van der Waals surface area contributed by atoms with Gasteiger partial charge in [0.25, 0.3) is 0 Å². The quantitative estimate of drug-likeness (QED) is 0.131. The molecule has 0 bridgehead atoms. The summed E-state index contributed by atoms with van der Waals surface area (Å²) in [5.41, 5.74) is 21.2. The highest BCUT2D eigenvalue weighted by molar-refractivity contribution is 5.76. The van der Waals surface area contributed by atoms with Crippen LogP contribution in [0.5, 0.6) is 0 Å². The van der Waals surface area contributed by atoms with Gasteiger partial charge in [-0.1, -0.05) is 5.11 Å². The van der Waals surface area contributed by atoms with E-state index in [-0.39, 0.29) is 0 Å². The third-order valence-electron chi connectivity index (χ3n) is 7.08. The largest absolute Gasteiger partial charge is 0.421 e. The maximum absolute atomic E-state index is 5.75. The Hall–Kier alpha value is -2.53. The van der Waals surface area contributed by atoms with E-state index in [1.807, 2.05) is 0 Å². The molecule has 1 aliphatic rings.